The maximum absolute atomic E-state index is 15.0. The summed E-state index contributed by atoms with van der Waals surface area (Å²) in [5.74, 6) is -1.05. The van der Waals surface area contributed by atoms with Crippen LogP contribution in [0.5, 0.6) is 0 Å². The molecule has 1 N–H and O–H groups in total. The Bertz CT molecular complexity index is 1610. The summed E-state index contributed by atoms with van der Waals surface area (Å²) in [5, 5.41) is 24.5. The largest absolute Gasteiger partial charge is 0.443 e. The molecule has 12 heteroatoms. The van der Waals surface area contributed by atoms with Gasteiger partial charge in [-0.25, -0.2) is 23.8 Å². The summed E-state index contributed by atoms with van der Waals surface area (Å²) in [6, 6.07) is 8.97. The van der Waals surface area contributed by atoms with Gasteiger partial charge in [-0.05, 0) is 39.0 Å². The van der Waals surface area contributed by atoms with E-state index in [2.05, 4.69) is 10.1 Å². The van der Waals surface area contributed by atoms with Crippen molar-refractivity contribution in [3.8, 4) is 23.0 Å². The molecule has 5 rings (SSSR count). The fraction of sp³-hybridized carbons (Fsp3) is 0.370. The van der Waals surface area contributed by atoms with Crippen LogP contribution in [0.4, 0.5) is 15.0 Å². The monoisotopic (exact) mass is 537 g/mol. The highest BCUT2D eigenvalue weighted by Crippen LogP contribution is 2.34. The van der Waals surface area contributed by atoms with Gasteiger partial charge in [-0.1, -0.05) is 6.07 Å². The Morgan fingerprint density at radius 2 is 2.08 bits per heavy atom. The standard InChI is InChI=1S/C27H27FN6O5/c1-27(2,3)39-26(37)33-12-18-24(25(33)36)19(10-17(30-18)23-15(11-29)6-5-7-16(23)28)34-9-8-22(31-34)32-13-20(35)21(14-32)38-4/h5-10,20-21,35H,12-14H2,1-4H3/t20-,21+/m1/s1/i4D3. The second-order valence-corrected chi connectivity index (χ2v) is 10.2. The Morgan fingerprint density at radius 1 is 1.28 bits per heavy atom. The molecule has 1 fully saturated rings. The number of halogens is 1. The van der Waals surface area contributed by atoms with Crippen molar-refractivity contribution in [1.29, 1.82) is 5.26 Å². The van der Waals surface area contributed by atoms with Crippen LogP contribution in [-0.4, -0.2) is 74.7 Å². The highest BCUT2D eigenvalue weighted by molar-refractivity contribution is 6.08. The molecule has 4 heterocycles. The molecule has 39 heavy (non-hydrogen) atoms. The van der Waals surface area contributed by atoms with E-state index in [-0.39, 0.29) is 53.4 Å². The van der Waals surface area contributed by atoms with Gasteiger partial charge in [-0.15, -0.1) is 0 Å². The summed E-state index contributed by atoms with van der Waals surface area (Å²) in [4.78, 5) is 33.4. The molecule has 3 aromatic rings. The van der Waals surface area contributed by atoms with E-state index in [1.165, 1.54) is 35.1 Å². The number of nitriles is 1. The van der Waals surface area contributed by atoms with Crippen LogP contribution >= 0.6 is 0 Å². The summed E-state index contributed by atoms with van der Waals surface area (Å²) >= 11 is 0. The molecule has 0 radical (unpaired) electrons. The third-order valence-corrected chi connectivity index (χ3v) is 6.38. The van der Waals surface area contributed by atoms with Crippen LogP contribution in [0.1, 0.15) is 46.5 Å². The smallest absolute Gasteiger partial charge is 0.417 e. The molecule has 0 aliphatic carbocycles. The second kappa shape index (κ2) is 9.76. The minimum atomic E-state index is -2.69. The molecular formula is C27H27FN6O5. The summed E-state index contributed by atoms with van der Waals surface area (Å²) in [6.07, 6.45) is -1.42. The first kappa shape index (κ1) is 22.6. The van der Waals surface area contributed by atoms with Crippen molar-refractivity contribution in [3.05, 3.63) is 59.2 Å². The number of amides is 2. The van der Waals surface area contributed by atoms with Crippen LogP contribution in [0, 0.1) is 17.1 Å². The van der Waals surface area contributed by atoms with E-state index in [1.807, 2.05) is 6.07 Å². The van der Waals surface area contributed by atoms with E-state index in [4.69, 9.17) is 13.6 Å². The number of aliphatic hydroxyl groups excluding tert-OH is 1. The van der Waals surface area contributed by atoms with Crippen molar-refractivity contribution in [3.63, 3.8) is 0 Å². The van der Waals surface area contributed by atoms with E-state index < -0.39 is 42.7 Å². The lowest BCUT2D eigenvalue weighted by molar-refractivity contribution is 0.0217. The third-order valence-electron chi connectivity index (χ3n) is 6.38. The van der Waals surface area contributed by atoms with E-state index >= 15 is 4.39 Å². The normalized spacial score (nSPS) is 20.3. The number of carbonyl (C=O) groups is 2. The molecule has 2 amide bonds. The van der Waals surface area contributed by atoms with Crippen LogP contribution in [-0.2, 0) is 16.0 Å². The van der Waals surface area contributed by atoms with Gasteiger partial charge < -0.3 is 19.5 Å². The molecule has 2 aliphatic heterocycles. The van der Waals surface area contributed by atoms with Crippen molar-refractivity contribution in [2.45, 2.75) is 45.1 Å². The van der Waals surface area contributed by atoms with Gasteiger partial charge in [0.1, 0.15) is 17.5 Å². The second-order valence-electron chi connectivity index (χ2n) is 10.2. The molecule has 0 unspecified atom stereocenters. The lowest BCUT2D eigenvalue weighted by atomic mass is 10.0. The Balaban J connectivity index is 1.57. The fourth-order valence-electron chi connectivity index (χ4n) is 4.61. The SMILES string of the molecule is [2H]C([2H])([2H])O[C@H]1CN(c2ccn(-c3cc(-c4c(F)cccc4C#N)nc4c3C(=O)N(C(=O)OC(C)(C)C)C4)n2)C[C@H]1O. The number of aliphatic hydroxyl groups is 1. The number of hydrogen-bond donors (Lipinski definition) is 1. The van der Waals surface area contributed by atoms with Gasteiger partial charge in [0, 0.05) is 32.4 Å². The van der Waals surface area contributed by atoms with E-state index in [0.29, 0.717) is 5.82 Å². The highest BCUT2D eigenvalue weighted by atomic mass is 19.1. The van der Waals surface area contributed by atoms with E-state index in [9.17, 15) is 20.0 Å². The first-order chi connectivity index (χ1) is 19.6. The quantitative estimate of drug-likeness (QED) is 0.533. The number of imide groups is 1. The van der Waals surface area contributed by atoms with Gasteiger partial charge in [0.15, 0.2) is 5.82 Å². The van der Waals surface area contributed by atoms with Crippen molar-refractivity contribution in [1.82, 2.24) is 19.7 Å². The number of benzene rings is 1. The summed E-state index contributed by atoms with van der Waals surface area (Å²) in [6.45, 7) is 4.83. The van der Waals surface area contributed by atoms with Crippen LogP contribution in [0.3, 0.4) is 0 Å². The van der Waals surface area contributed by atoms with Crippen molar-refractivity contribution >= 4 is 17.8 Å². The minimum absolute atomic E-state index is 0.0224. The van der Waals surface area contributed by atoms with Gasteiger partial charge in [-0.3, -0.25) is 4.79 Å². The average Bonchev–Trinajstić information content (AvgIpc) is 3.59. The number of fused-ring (bicyclic) bond motifs is 1. The number of methoxy groups -OCH3 is 1. The zero-order chi connectivity index (χ0) is 30.6. The molecule has 2 aliphatic rings. The number of carbonyl (C=O) groups excluding carboxylic acids is 2. The van der Waals surface area contributed by atoms with Crippen LogP contribution < -0.4 is 4.90 Å². The number of rotatable bonds is 4. The van der Waals surface area contributed by atoms with E-state index in [1.54, 1.807) is 31.7 Å². The molecular weight excluding hydrogens is 507 g/mol. The number of hydrogen-bond acceptors (Lipinski definition) is 9. The van der Waals surface area contributed by atoms with Crippen LogP contribution in [0.15, 0.2) is 36.5 Å². The van der Waals surface area contributed by atoms with Crippen LogP contribution in [0.2, 0.25) is 0 Å². The van der Waals surface area contributed by atoms with Crippen LogP contribution in [0.25, 0.3) is 16.9 Å². The first-order valence-corrected chi connectivity index (χ1v) is 12.1. The fourth-order valence-corrected chi connectivity index (χ4v) is 4.61. The number of β-amino-alcohol motifs (C(OH)–C–C–N with tert-alkyl or cyclic N) is 1. The lowest BCUT2D eigenvalue weighted by Crippen LogP contribution is -2.37. The predicted molar refractivity (Wildman–Crippen MR) is 137 cm³/mol. The minimum Gasteiger partial charge on any atom is -0.443 e. The Kier molecular flexibility index (Phi) is 5.66. The number of pyridine rings is 1. The Hall–Kier alpha value is -4.34. The molecule has 0 spiro atoms. The first-order valence-electron chi connectivity index (χ1n) is 13.6. The maximum atomic E-state index is 15.0. The molecule has 2 aromatic heterocycles. The highest BCUT2D eigenvalue weighted by Gasteiger charge is 2.39. The molecule has 11 nitrogen and oxygen atoms in total. The maximum Gasteiger partial charge on any atom is 0.417 e. The number of nitrogens with zero attached hydrogens (tertiary/aromatic N) is 6. The van der Waals surface area contributed by atoms with Gasteiger partial charge >= 0.3 is 6.09 Å². The molecule has 1 saturated heterocycles. The van der Waals surface area contributed by atoms with Gasteiger partial charge in [0.2, 0.25) is 0 Å². The van der Waals surface area contributed by atoms with Crippen molar-refractivity contribution < 1.29 is 32.7 Å². The number of ether oxygens (including phenoxy) is 2. The molecule has 202 valence electrons. The third kappa shape index (κ3) is 4.82. The molecule has 1 aromatic carbocycles. The number of anilines is 1. The van der Waals surface area contributed by atoms with E-state index in [0.717, 1.165) is 4.90 Å². The van der Waals surface area contributed by atoms with Crippen molar-refractivity contribution in [2.75, 3.05) is 25.0 Å². The topological polar surface area (TPSA) is 134 Å². The molecule has 0 saturated carbocycles. The number of aromatic nitrogens is 3. The summed E-state index contributed by atoms with van der Waals surface area (Å²) in [7, 11) is -2.69. The van der Waals surface area contributed by atoms with Gasteiger partial charge in [0.05, 0.1) is 56.6 Å². The molecule has 2 atom stereocenters. The zero-order valence-corrected chi connectivity index (χ0v) is 21.4. The van der Waals surface area contributed by atoms with Gasteiger partial charge in [-0.2, -0.15) is 10.4 Å². The predicted octanol–water partition coefficient (Wildman–Crippen LogP) is 3.03. The summed E-state index contributed by atoms with van der Waals surface area (Å²) < 4.78 is 48.8. The molecule has 0 bridgehead atoms. The Labute approximate surface area is 228 Å². The van der Waals surface area contributed by atoms with Gasteiger partial charge in [0.25, 0.3) is 5.91 Å². The summed E-state index contributed by atoms with van der Waals surface area (Å²) in [5.41, 5.74) is -0.511. The average molecular weight is 538 g/mol. The lowest BCUT2D eigenvalue weighted by Gasteiger charge is -2.23. The Morgan fingerprint density at radius 3 is 2.79 bits per heavy atom. The van der Waals surface area contributed by atoms with Crippen molar-refractivity contribution in [2.24, 2.45) is 0 Å². The zero-order valence-electron chi connectivity index (χ0n) is 24.4.